The fraction of sp³-hybridized carbons (Fsp3) is 0.600. The van der Waals surface area contributed by atoms with E-state index in [0.717, 1.165) is 42.6 Å². The molecule has 0 spiro atoms. The maximum Gasteiger partial charge on any atom is 0.236 e. The van der Waals surface area contributed by atoms with Crippen LogP contribution in [0.5, 0.6) is 0 Å². The molecule has 1 unspecified atom stereocenters. The van der Waals surface area contributed by atoms with Crippen molar-refractivity contribution >= 4 is 15.7 Å². The number of anilines is 1. The van der Waals surface area contributed by atoms with Gasteiger partial charge in [0, 0.05) is 13.1 Å². The molecule has 5 heteroatoms. The maximum absolute atomic E-state index is 12.5. The molecule has 1 heterocycles. The molecule has 1 aliphatic rings. The van der Waals surface area contributed by atoms with Crippen LogP contribution in [0.25, 0.3) is 0 Å². The van der Waals surface area contributed by atoms with Crippen LogP contribution >= 0.6 is 0 Å². The second kappa shape index (κ2) is 6.14. The van der Waals surface area contributed by atoms with Gasteiger partial charge in [0.1, 0.15) is 0 Å². The van der Waals surface area contributed by atoms with E-state index in [9.17, 15) is 8.42 Å². The van der Waals surface area contributed by atoms with Gasteiger partial charge in [-0.2, -0.15) is 0 Å². The molecule has 1 aromatic carbocycles. The molecule has 4 nitrogen and oxygen atoms in total. The molecule has 1 fully saturated rings. The molecule has 0 aliphatic carbocycles. The third-order valence-electron chi connectivity index (χ3n) is 3.81. The van der Waals surface area contributed by atoms with Crippen molar-refractivity contribution in [2.24, 2.45) is 0 Å². The number of aryl methyl sites for hydroxylation is 2. The Balaban J connectivity index is 2.15. The highest BCUT2D eigenvalue weighted by Crippen LogP contribution is 2.21. The van der Waals surface area contributed by atoms with Crippen LogP contribution in [0.2, 0.25) is 0 Å². The number of nitrogens with zero attached hydrogens (tertiary/aromatic N) is 1. The summed E-state index contributed by atoms with van der Waals surface area (Å²) in [5.41, 5.74) is 2.91. The minimum Gasteiger partial charge on any atom is -0.313 e. The maximum atomic E-state index is 12.5. The van der Waals surface area contributed by atoms with Crippen LogP contribution in [0, 0.1) is 13.8 Å². The Labute approximate surface area is 122 Å². The van der Waals surface area contributed by atoms with Gasteiger partial charge >= 0.3 is 0 Å². The highest BCUT2D eigenvalue weighted by atomic mass is 32.2. The average molecular weight is 296 g/mol. The minimum absolute atomic E-state index is 0.0853. The molecule has 1 atom stereocenters. The van der Waals surface area contributed by atoms with Crippen LogP contribution in [0.3, 0.4) is 0 Å². The molecule has 0 aromatic heterocycles. The standard InChI is InChI=1S/C15H24N2O2S/c1-12-8-13(2)10-15(9-12)17(3)20(18,19)11-14-6-4-5-7-16-14/h8-10,14,16H,4-7,11H2,1-3H3. The smallest absolute Gasteiger partial charge is 0.236 e. The Morgan fingerprint density at radius 1 is 1.20 bits per heavy atom. The molecule has 0 radical (unpaired) electrons. The highest BCUT2D eigenvalue weighted by molar-refractivity contribution is 7.92. The quantitative estimate of drug-likeness (QED) is 0.927. The zero-order chi connectivity index (χ0) is 14.8. The zero-order valence-electron chi connectivity index (χ0n) is 12.5. The van der Waals surface area contributed by atoms with Crippen molar-refractivity contribution in [1.82, 2.24) is 5.32 Å². The number of hydrogen-bond donors (Lipinski definition) is 1. The van der Waals surface area contributed by atoms with E-state index >= 15 is 0 Å². The Morgan fingerprint density at radius 3 is 2.40 bits per heavy atom. The molecule has 0 saturated carbocycles. The molecule has 1 N–H and O–H groups in total. The van der Waals surface area contributed by atoms with E-state index in [4.69, 9.17) is 0 Å². The van der Waals surface area contributed by atoms with Gasteiger partial charge in [-0.15, -0.1) is 0 Å². The van der Waals surface area contributed by atoms with Crippen molar-refractivity contribution in [2.75, 3.05) is 23.7 Å². The second-order valence-corrected chi connectivity index (χ2v) is 7.78. The van der Waals surface area contributed by atoms with Gasteiger partial charge in [-0.3, -0.25) is 4.31 Å². The number of piperidine rings is 1. The molecule has 1 aromatic rings. The molecule has 20 heavy (non-hydrogen) atoms. The van der Waals surface area contributed by atoms with Crippen LogP contribution in [-0.4, -0.2) is 33.8 Å². The number of rotatable bonds is 4. The summed E-state index contributed by atoms with van der Waals surface area (Å²) < 4.78 is 26.4. The average Bonchev–Trinajstić information content (AvgIpc) is 2.37. The van der Waals surface area contributed by atoms with E-state index in [1.165, 1.54) is 4.31 Å². The SMILES string of the molecule is Cc1cc(C)cc(N(C)S(=O)(=O)CC2CCCCN2)c1. The summed E-state index contributed by atoms with van der Waals surface area (Å²) in [7, 11) is -1.63. The van der Waals surface area contributed by atoms with Crippen LogP contribution in [0.15, 0.2) is 18.2 Å². The molecule has 1 aliphatic heterocycles. The van der Waals surface area contributed by atoms with Crippen molar-refractivity contribution in [3.05, 3.63) is 29.3 Å². The third-order valence-corrected chi connectivity index (χ3v) is 5.68. The normalized spacial score (nSPS) is 19.9. The van der Waals surface area contributed by atoms with Crippen LogP contribution in [-0.2, 0) is 10.0 Å². The monoisotopic (exact) mass is 296 g/mol. The van der Waals surface area contributed by atoms with E-state index in [2.05, 4.69) is 5.32 Å². The van der Waals surface area contributed by atoms with Crippen LogP contribution in [0.1, 0.15) is 30.4 Å². The summed E-state index contributed by atoms with van der Waals surface area (Å²) >= 11 is 0. The highest BCUT2D eigenvalue weighted by Gasteiger charge is 2.25. The number of nitrogens with one attached hydrogen (secondary N) is 1. The predicted octanol–water partition coefficient (Wildman–Crippen LogP) is 2.21. The van der Waals surface area contributed by atoms with Crippen LogP contribution in [0.4, 0.5) is 5.69 Å². The summed E-state index contributed by atoms with van der Waals surface area (Å²) in [6, 6.07) is 5.96. The van der Waals surface area contributed by atoms with Gasteiger partial charge in [-0.1, -0.05) is 12.5 Å². The van der Waals surface area contributed by atoms with Gasteiger partial charge in [0.05, 0.1) is 11.4 Å². The van der Waals surface area contributed by atoms with E-state index in [1.54, 1.807) is 7.05 Å². The zero-order valence-corrected chi connectivity index (χ0v) is 13.3. The first-order valence-corrected chi connectivity index (χ1v) is 8.78. The first kappa shape index (κ1) is 15.3. The van der Waals surface area contributed by atoms with Crippen molar-refractivity contribution in [3.63, 3.8) is 0 Å². The Kier molecular flexibility index (Phi) is 4.70. The fourth-order valence-electron chi connectivity index (χ4n) is 2.73. The van der Waals surface area contributed by atoms with Crippen molar-refractivity contribution < 1.29 is 8.42 Å². The van der Waals surface area contributed by atoms with Gasteiger partial charge in [-0.05, 0) is 56.5 Å². The first-order chi connectivity index (χ1) is 9.38. The molecular formula is C15H24N2O2S. The molecular weight excluding hydrogens is 272 g/mol. The van der Waals surface area contributed by atoms with E-state index in [-0.39, 0.29) is 11.8 Å². The Hall–Kier alpha value is -1.07. The van der Waals surface area contributed by atoms with Gasteiger partial charge < -0.3 is 5.32 Å². The lowest BCUT2D eigenvalue weighted by atomic mass is 10.1. The van der Waals surface area contributed by atoms with Crippen molar-refractivity contribution in [3.8, 4) is 0 Å². The van der Waals surface area contributed by atoms with E-state index in [1.807, 2.05) is 32.0 Å². The number of benzene rings is 1. The fourth-order valence-corrected chi connectivity index (χ4v) is 4.17. The number of hydrogen-bond acceptors (Lipinski definition) is 3. The molecule has 0 amide bonds. The van der Waals surface area contributed by atoms with E-state index < -0.39 is 10.0 Å². The van der Waals surface area contributed by atoms with E-state index in [0.29, 0.717) is 0 Å². The lowest BCUT2D eigenvalue weighted by Crippen LogP contribution is -2.43. The first-order valence-electron chi connectivity index (χ1n) is 7.17. The molecule has 2 rings (SSSR count). The minimum atomic E-state index is -3.28. The number of sulfonamides is 1. The summed E-state index contributed by atoms with van der Waals surface area (Å²) in [5, 5.41) is 3.30. The Morgan fingerprint density at radius 2 is 1.85 bits per heavy atom. The summed E-state index contributed by atoms with van der Waals surface area (Å²) in [6.07, 6.45) is 3.20. The molecule has 0 bridgehead atoms. The molecule has 112 valence electrons. The lowest BCUT2D eigenvalue weighted by molar-refractivity contribution is 0.423. The summed E-state index contributed by atoms with van der Waals surface area (Å²) in [5.74, 6) is 0.177. The van der Waals surface area contributed by atoms with Gasteiger partial charge in [-0.25, -0.2) is 8.42 Å². The van der Waals surface area contributed by atoms with Gasteiger partial charge in [0.15, 0.2) is 0 Å². The second-order valence-electron chi connectivity index (χ2n) is 5.74. The predicted molar refractivity (Wildman–Crippen MR) is 83.7 cm³/mol. The van der Waals surface area contributed by atoms with Crippen molar-refractivity contribution in [1.29, 1.82) is 0 Å². The topological polar surface area (TPSA) is 49.4 Å². The summed E-state index contributed by atoms with van der Waals surface area (Å²) in [4.78, 5) is 0. The Bertz CT molecular complexity index is 543. The lowest BCUT2D eigenvalue weighted by Gasteiger charge is -2.27. The van der Waals surface area contributed by atoms with Crippen LogP contribution < -0.4 is 9.62 Å². The molecule has 1 saturated heterocycles. The van der Waals surface area contributed by atoms with Gasteiger partial charge in [0.25, 0.3) is 0 Å². The largest absolute Gasteiger partial charge is 0.313 e. The summed E-state index contributed by atoms with van der Waals surface area (Å²) in [6.45, 7) is 4.90. The van der Waals surface area contributed by atoms with Crippen molar-refractivity contribution in [2.45, 2.75) is 39.2 Å². The third kappa shape index (κ3) is 3.73. The van der Waals surface area contributed by atoms with Gasteiger partial charge in [0.2, 0.25) is 10.0 Å².